The Kier molecular flexibility index (Phi) is 4.14. The first kappa shape index (κ1) is 17.3. The van der Waals surface area contributed by atoms with Gasteiger partial charge < -0.3 is 14.5 Å². The summed E-state index contributed by atoms with van der Waals surface area (Å²) in [5.74, 6) is -0.825. The number of hydrogen-bond donors (Lipinski definition) is 1. The van der Waals surface area contributed by atoms with Gasteiger partial charge in [0.1, 0.15) is 5.60 Å². The lowest BCUT2D eigenvalue weighted by Gasteiger charge is -2.29. The summed E-state index contributed by atoms with van der Waals surface area (Å²) in [4.78, 5) is 30.0. The molecule has 2 saturated heterocycles. The lowest BCUT2D eigenvalue weighted by Crippen LogP contribution is -2.45. The average Bonchev–Trinajstić information content (AvgIpc) is 3.38. The third kappa shape index (κ3) is 2.40. The molecule has 7 heteroatoms. The number of likely N-dealkylation sites (tertiary alicyclic amines) is 1. The van der Waals surface area contributed by atoms with E-state index in [1.165, 1.54) is 0 Å². The van der Waals surface area contributed by atoms with Crippen molar-refractivity contribution in [3.63, 3.8) is 0 Å². The van der Waals surface area contributed by atoms with E-state index >= 15 is 0 Å². The van der Waals surface area contributed by atoms with Gasteiger partial charge in [0, 0.05) is 19.3 Å². The molecule has 0 radical (unpaired) electrons. The van der Waals surface area contributed by atoms with E-state index in [9.17, 15) is 9.59 Å². The molecule has 0 aliphatic carbocycles. The Labute approximate surface area is 153 Å². The van der Waals surface area contributed by atoms with Crippen molar-refractivity contribution >= 4 is 11.8 Å². The van der Waals surface area contributed by atoms with E-state index in [-0.39, 0.29) is 24.0 Å². The summed E-state index contributed by atoms with van der Waals surface area (Å²) in [7, 11) is 1.77. The van der Waals surface area contributed by atoms with Crippen LogP contribution in [0, 0.1) is 11.8 Å². The van der Waals surface area contributed by atoms with Crippen LogP contribution < -0.4 is 0 Å². The molecule has 1 N–H and O–H groups in total. The largest absolute Gasteiger partial charge is 0.360 e. The maximum atomic E-state index is 13.2. The number of nitrogens with zero attached hydrogens (tertiary/aromatic N) is 3. The van der Waals surface area contributed by atoms with Gasteiger partial charge in [0.2, 0.25) is 11.8 Å². The first-order valence-electron chi connectivity index (χ1n) is 9.41. The highest BCUT2D eigenvalue weighted by atomic mass is 16.5. The second kappa shape index (κ2) is 6.23. The third-order valence-electron chi connectivity index (χ3n) is 6.14. The smallest absolute Gasteiger partial charge is 0.230 e. The van der Waals surface area contributed by atoms with Crippen molar-refractivity contribution in [2.45, 2.75) is 51.0 Å². The van der Waals surface area contributed by atoms with Crippen LogP contribution in [0.25, 0.3) is 0 Å². The van der Waals surface area contributed by atoms with Gasteiger partial charge in [-0.1, -0.05) is 26.0 Å². The minimum absolute atomic E-state index is 0.0411. The number of rotatable bonds is 6. The number of aromatic amines is 1. The lowest BCUT2D eigenvalue weighted by molar-refractivity contribution is -0.143. The molecule has 2 fully saturated rings. The van der Waals surface area contributed by atoms with Crippen LogP contribution in [0.15, 0.2) is 24.4 Å². The summed E-state index contributed by atoms with van der Waals surface area (Å²) in [6.07, 6.45) is 7.17. The summed E-state index contributed by atoms with van der Waals surface area (Å²) >= 11 is 0. The molecule has 140 valence electrons. The molecule has 2 amide bonds. The van der Waals surface area contributed by atoms with Crippen LogP contribution in [-0.2, 0) is 20.9 Å². The van der Waals surface area contributed by atoms with Gasteiger partial charge >= 0.3 is 0 Å². The van der Waals surface area contributed by atoms with Crippen LogP contribution in [0.4, 0.5) is 0 Å². The van der Waals surface area contributed by atoms with Crippen molar-refractivity contribution in [2.75, 3.05) is 13.6 Å². The second-order valence-electron chi connectivity index (χ2n) is 7.61. The molecule has 4 heterocycles. The van der Waals surface area contributed by atoms with Gasteiger partial charge in [-0.15, -0.1) is 0 Å². The fraction of sp³-hybridized carbons (Fsp3) is 0.632. The van der Waals surface area contributed by atoms with Crippen molar-refractivity contribution in [1.29, 1.82) is 0 Å². The van der Waals surface area contributed by atoms with E-state index < -0.39 is 17.4 Å². The Morgan fingerprint density at radius 1 is 1.50 bits per heavy atom. The van der Waals surface area contributed by atoms with Crippen LogP contribution in [-0.4, -0.2) is 63.2 Å². The third-order valence-corrected chi connectivity index (χ3v) is 6.14. The number of carbonyl (C=O) groups is 2. The van der Waals surface area contributed by atoms with Crippen molar-refractivity contribution in [1.82, 2.24) is 20.0 Å². The molecule has 4 rings (SSSR count). The fourth-order valence-corrected chi connectivity index (χ4v) is 4.81. The van der Waals surface area contributed by atoms with Crippen LogP contribution in [0.5, 0.6) is 0 Å². The number of fused-ring (bicyclic) bond motifs is 1. The quantitative estimate of drug-likeness (QED) is 0.779. The molecule has 0 aromatic carbocycles. The Morgan fingerprint density at radius 3 is 2.92 bits per heavy atom. The second-order valence-corrected chi connectivity index (χ2v) is 7.61. The number of nitrogens with one attached hydrogen (secondary N) is 1. The zero-order valence-electron chi connectivity index (χ0n) is 15.5. The molecular weight excluding hydrogens is 332 g/mol. The number of carbonyl (C=O) groups excluding carboxylic acids is 2. The van der Waals surface area contributed by atoms with E-state index in [4.69, 9.17) is 4.74 Å². The Morgan fingerprint density at radius 2 is 2.27 bits per heavy atom. The highest BCUT2D eigenvalue weighted by Crippen LogP contribution is 2.52. The fourth-order valence-electron chi connectivity index (χ4n) is 4.81. The van der Waals surface area contributed by atoms with E-state index in [2.05, 4.69) is 24.0 Å². The predicted molar refractivity (Wildman–Crippen MR) is 94.9 cm³/mol. The monoisotopic (exact) mass is 358 g/mol. The lowest BCUT2D eigenvalue weighted by atomic mass is 9.76. The SMILES string of the molecule is CCC(CC)N1C[C@]23C=C[C@H](O2)[C@@H](C(=O)N(C)Cc2ccn[nH]2)[C@H]3C1=O. The molecule has 0 unspecified atom stereocenters. The van der Waals surface area contributed by atoms with Gasteiger partial charge in [0.05, 0.1) is 36.7 Å². The minimum Gasteiger partial charge on any atom is -0.360 e. The normalized spacial score (nSPS) is 31.9. The summed E-state index contributed by atoms with van der Waals surface area (Å²) < 4.78 is 6.20. The molecule has 1 spiro atoms. The molecule has 7 nitrogen and oxygen atoms in total. The maximum Gasteiger partial charge on any atom is 0.230 e. The van der Waals surface area contributed by atoms with Crippen molar-refractivity contribution < 1.29 is 14.3 Å². The zero-order valence-corrected chi connectivity index (χ0v) is 15.5. The molecule has 2 bridgehead atoms. The number of ether oxygens (including phenoxy) is 1. The van der Waals surface area contributed by atoms with E-state index in [1.807, 2.05) is 23.1 Å². The topological polar surface area (TPSA) is 78.5 Å². The molecular formula is C19H26N4O3. The first-order valence-corrected chi connectivity index (χ1v) is 9.41. The highest BCUT2D eigenvalue weighted by Gasteiger charge is 2.67. The zero-order chi connectivity index (χ0) is 18.5. The van der Waals surface area contributed by atoms with Crippen LogP contribution in [0.3, 0.4) is 0 Å². The maximum absolute atomic E-state index is 13.2. The molecule has 3 aliphatic heterocycles. The van der Waals surface area contributed by atoms with Gasteiger partial charge in [-0.3, -0.25) is 14.7 Å². The molecule has 0 saturated carbocycles. The Bertz CT molecular complexity index is 727. The van der Waals surface area contributed by atoms with Gasteiger partial charge in [-0.05, 0) is 18.9 Å². The van der Waals surface area contributed by atoms with E-state index in [0.29, 0.717) is 13.1 Å². The van der Waals surface area contributed by atoms with Gasteiger partial charge in [0.15, 0.2) is 0 Å². The first-order chi connectivity index (χ1) is 12.5. The van der Waals surface area contributed by atoms with Crippen LogP contribution in [0.2, 0.25) is 0 Å². The number of aromatic nitrogens is 2. The average molecular weight is 358 g/mol. The van der Waals surface area contributed by atoms with Gasteiger partial charge in [0.25, 0.3) is 0 Å². The van der Waals surface area contributed by atoms with Crippen LogP contribution in [0.1, 0.15) is 32.4 Å². The van der Waals surface area contributed by atoms with Crippen molar-refractivity contribution in [3.8, 4) is 0 Å². The molecule has 1 aromatic rings. The van der Waals surface area contributed by atoms with Gasteiger partial charge in [-0.25, -0.2) is 0 Å². The summed E-state index contributed by atoms with van der Waals surface area (Å²) in [6, 6.07) is 2.05. The molecule has 4 atom stereocenters. The Balaban J connectivity index is 1.57. The van der Waals surface area contributed by atoms with E-state index in [1.54, 1.807) is 18.1 Å². The molecule has 1 aromatic heterocycles. The Hall–Kier alpha value is -2.15. The van der Waals surface area contributed by atoms with Crippen molar-refractivity contribution in [3.05, 3.63) is 30.1 Å². The van der Waals surface area contributed by atoms with Gasteiger partial charge in [-0.2, -0.15) is 5.10 Å². The minimum atomic E-state index is -0.626. The summed E-state index contributed by atoms with van der Waals surface area (Å²) in [5, 5.41) is 6.80. The highest BCUT2D eigenvalue weighted by molar-refractivity contribution is 5.93. The summed E-state index contributed by atoms with van der Waals surface area (Å²) in [6.45, 7) is 5.20. The number of hydrogen-bond acceptors (Lipinski definition) is 4. The summed E-state index contributed by atoms with van der Waals surface area (Å²) in [5.41, 5.74) is 0.242. The predicted octanol–water partition coefficient (Wildman–Crippen LogP) is 1.34. The number of H-pyrrole nitrogens is 1. The van der Waals surface area contributed by atoms with E-state index in [0.717, 1.165) is 18.5 Å². The molecule has 26 heavy (non-hydrogen) atoms. The number of amides is 2. The standard InChI is InChI=1S/C19H26N4O3/c1-4-13(5-2)23-11-19-8-6-14(26-19)15(16(19)18(23)25)17(24)22(3)10-12-7-9-20-21-12/h6-9,13-16H,4-5,10-11H2,1-3H3,(H,20,21)/t14-,15+,16-,19-/m0/s1. The van der Waals surface area contributed by atoms with Crippen molar-refractivity contribution in [2.24, 2.45) is 11.8 Å². The van der Waals surface area contributed by atoms with Crippen LogP contribution >= 0.6 is 0 Å². The molecule has 3 aliphatic rings.